The molecule has 1 heteroatoms. The van der Waals surface area contributed by atoms with E-state index in [4.69, 9.17) is 4.74 Å². The third-order valence-electron chi connectivity index (χ3n) is 7.51. The summed E-state index contributed by atoms with van der Waals surface area (Å²) in [5.74, 6) is 0.806. The highest BCUT2D eigenvalue weighted by atomic mass is 16.5. The Kier molecular flexibility index (Phi) is 3.53. The van der Waals surface area contributed by atoms with Gasteiger partial charge in [0.1, 0.15) is 11.2 Å². The van der Waals surface area contributed by atoms with Crippen LogP contribution in [0.1, 0.15) is 48.9 Å². The fourth-order valence-electron chi connectivity index (χ4n) is 6.64. The highest BCUT2D eigenvalue weighted by Crippen LogP contribution is 2.71. The number of hydrogen-bond acceptors (Lipinski definition) is 1. The molecular weight excluding hydrogens is 352 g/mol. The summed E-state index contributed by atoms with van der Waals surface area (Å²) in [7, 11) is 0. The van der Waals surface area contributed by atoms with Crippen LogP contribution in [0.5, 0.6) is 0 Å². The van der Waals surface area contributed by atoms with Crippen molar-refractivity contribution in [1.29, 1.82) is 0 Å². The monoisotopic (exact) mass is 378 g/mol. The van der Waals surface area contributed by atoms with Crippen LogP contribution in [0.25, 0.3) is 0 Å². The first-order valence-electron chi connectivity index (χ1n) is 10.8. The number of rotatable bonds is 2. The van der Waals surface area contributed by atoms with Crippen LogP contribution in [0.3, 0.4) is 0 Å². The molecule has 4 bridgehead atoms. The van der Waals surface area contributed by atoms with Crippen LogP contribution in [-0.4, -0.2) is 0 Å². The van der Waals surface area contributed by atoms with Crippen LogP contribution in [0.2, 0.25) is 0 Å². The third-order valence-corrected chi connectivity index (χ3v) is 7.51. The lowest BCUT2D eigenvalue weighted by Gasteiger charge is -2.48. The zero-order valence-electron chi connectivity index (χ0n) is 17.1. The van der Waals surface area contributed by atoms with E-state index in [1.165, 1.54) is 40.7 Å². The fourth-order valence-corrected chi connectivity index (χ4v) is 6.64. The third kappa shape index (κ3) is 1.99. The van der Waals surface area contributed by atoms with Crippen molar-refractivity contribution in [1.82, 2.24) is 0 Å². The second kappa shape index (κ2) is 5.93. The number of benzene rings is 3. The van der Waals surface area contributed by atoms with Gasteiger partial charge in [0.25, 0.3) is 0 Å². The van der Waals surface area contributed by atoms with Gasteiger partial charge in [-0.2, -0.15) is 0 Å². The predicted octanol–water partition coefficient (Wildman–Crippen LogP) is 6.58. The van der Waals surface area contributed by atoms with Crippen molar-refractivity contribution < 1.29 is 4.74 Å². The largest absolute Gasteiger partial charge is 0.348 e. The number of fused-ring (bicyclic) bond motifs is 9. The molecule has 0 amide bonds. The zero-order chi connectivity index (χ0) is 19.6. The molecule has 2 heterocycles. The minimum atomic E-state index is -0.409. The molecule has 1 aliphatic carbocycles. The molecule has 0 radical (unpaired) electrons. The molecule has 2 fully saturated rings. The minimum Gasteiger partial charge on any atom is -0.348 e. The summed E-state index contributed by atoms with van der Waals surface area (Å²) >= 11 is 0. The Morgan fingerprint density at radius 2 is 1.07 bits per heavy atom. The van der Waals surface area contributed by atoms with Gasteiger partial charge in [-0.1, -0.05) is 96.1 Å². The van der Waals surface area contributed by atoms with Crippen molar-refractivity contribution in [2.45, 2.75) is 37.9 Å². The van der Waals surface area contributed by atoms with Crippen molar-refractivity contribution in [3.63, 3.8) is 0 Å². The Morgan fingerprint density at radius 3 is 1.48 bits per heavy atom. The maximum atomic E-state index is 7.45. The van der Waals surface area contributed by atoms with Gasteiger partial charge in [-0.3, -0.25) is 0 Å². The Balaban J connectivity index is 1.76. The number of hydrogen-bond donors (Lipinski definition) is 0. The molecular formula is C28H26O. The average molecular weight is 379 g/mol. The molecule has 0 N–H and O–H groups in total. The van der Waals surface area contributed by atoms with E-state index >= 15 is 0 Å². The first-order valence-corrected chi connectivity index (χ1v) is 10.8. The Morgan fingerprint density at radius 1 is 0.655 bits per heavy atom. The summed E-state index contributed by atoms with van der Waals surface area (Å²) in [6, 6.07) is 30.9. The molecule has 4 atom stereocenters. The van der Waals surface area contributed by atoms with Gasteiger partial charge in [0.15, 0.2) is 0 Å². The second-order valence-corrected chi connectivity index (χ2v) is 8.99. The summed E-state index contributed by atoms with van der Waals surface area (Å²) in [5, 5.41) is 0. The molecule has 0 unspecified atom stereocenters. The van der Waals surface area contributed by atoms with E-state index in [2.05, 4.69) is 98.8 Å². The molecule has 3 aromatic carbocycles. The molecule has 3 aromatic rings. The maximum Gasteiger partial charge on any atom is 0.127 e. The van der Waals surface area contributed by atoms with Crippen LogP contribution in [0.4, 0.5) is 0 Å². The lowest BCUT2D eigenvalue weighted by atomic mass is 9.70. The number of allylic oxidation sites excluding steroid dienone is 1. The molecule has 1 nitrogen and oxygen atoms in total. The van der Waals surface area contributed by atoms with Gasteiger partial charge < -0.3 is 4.74 Å². The summed E-state index contributed by atoms with van der Waals surface area (Å²) < 4.78 is 7.45. The summed E-state index contributed by atoms with van der Waals surface area (Å²) in [4.78, 5) is 0. The average Bonchev–Trinajstić information content (AvgIpc) is 3.28. The summed E-state index contributed by atoms with van der Waals surface area (Å²) in [5.41, 5.74) is 7.57. The van der Waals surface area contributed by atoms with Gasteiger partial charge in [0.2, 0.25) is 0 Å². The van der Waals surface area contributed by atoms with Crippen molar-refractivity contribution in [3.05, 3.63) is 118 Å². The fraction of sp³-hybridized carbons (Fsp3) is 0.286. The molecule has 29 heavy (non-hydrogen) atoms. The van der Waals surface area contributed by atoms with Gasteiger partial charge in [0.05, 0.1) is 0 Å². The van der Waals surface area contributed by atoms with E-state index in [0.29, 0.717) is 11.8 Å². The van der Waals surface area contributed by atoms with Crippen LogP contribution in [0.15, 0.2) is 96.1 Å². The van der Waals surface area contributed by atoms with Gasteiger partial charge >= 0.3 is 0 Å². The van der Waals surface area contributed by atoms with E-state index in [1.54, 1.807) is 5.57 Å². The van der Waals surface area contributed by atoms with Crippen molar-refractivity contribution in [3.8, 4) is 0 Å². The molecule has 2 aliphatic heterocycles. The van der Waals surface area contributed by atoms with Gasteiger partial charge in [-0.15, -0.1) is 0 Å². The summed E-state index contributed by atoms with van der Waals surface area (Å²) in [6.07, 6.45) is 2.37. The molecule has 0 aromatic heterocycles. The molecule has 3 aliphatic rings. The van der Waals surface area contributed by atoms with Crippen molar-refractivity contribution in [2.75, 3.05) is 0 Å². The van der Waals surface area contributed by atoms with Gasteiger partial charge in [-0.05, 0) is 48.9 Å². The Labute approximate surface area is 173 Å². The van der Waals surface area contributed by atoms with Crippen LogP contribution >= 0.6 is 0 Å². The molecule has 144 valence electrons. The quantitative estimate of drug-likeness (QED) is 0.458. The Hall–Kier alpha value is -2.64. The molecule has 0 spiro atoms. The second-order valence-electron chi connectivity index (χ2n) is 8.99. The highest BCUT2D eigenvalue weighted by Gasteiger charge is 2.69. The predicted molar refractivity (Wildman–Crippen MR) is 117 cm³/mol. The standard InChI is InChI=1S/C28H26O/c1-19(2)26-24-17-18-25(26)28(21-13-7-4-8-14-21)23-16-10-9-15-22(23)27(24,29-28)20-11-5-3-6-12-20/h3-16,24-25H,17-18H2,1-2H3/t24-,25+,27+,28-. The first kappa shape index (κ1) is 17.2. The zero-order valence-corrected chi connectivity index (χ0v) is 17.1. The molecule has 6 rings (SSSR count). The van der Waals surface area contributed by atoms with Crippen LogP contribution in [0, 0.1) is 11.8 Å². The molecule has 1 saturated heterocycles. The SMILES string of the molecule is CC(C)=C1[C@H]2CC[C@@H]1[C@]1(c3ccccc3)O[C@@]2(c2ccccc2)c2ccccc21. The minimum absolute atomic E-state index is 0.403. The van der Waals surface area contributed by atoms with Crippen molar-refractivity contribution >= 4 is 0 Å². The van der Waals surface area contributed by atoms with Gasteiger partial charge in [0, 0.05) is 11.8 Å². The lowest BCUT2D eigenvalue weighted by Crippen LogP contribution is -2.47. The van der Waals surface area contributed by atoms with E-state index < -0.39 is 11.2 Å². The Bertz CT molecular complexity index is 1030. The van der Waals surface area contributed by atoms with E-state index in [-0.39, 0.29) is 0 Å². The smallest absolute Gasteiger partial charge is 0.127 e. The topological polar surface area (TPSA) is 9.23 Å². The lowest BCUT2D eigenvalue weighted by molar-refractivity contribution is -0.152. The van der Waals surface area contributed by atoms with E-state index in [1.807, 2.05) is 0 Å². The summed E-state index contributed by atoms with van der Waals surface area (Å²) in [6.45, 7) is 4.60. The van der Waals surface area contributed by atoms with Crippen molar-refractivity contribution in [2.24, 2.45) is 11.8 Å². The highest BCUT2D eigenvalue weighted by molar-refractivity contribution is 5.60. The first-order chi connectivity index (χ1) is 14.2. The van der Waals surface area contributed by atoms with Crippen LogP contribution in [-0.2, 0) is 15.9 Å². The van der Waals surface area contributed by atoms with E-state index in [9.17, 15) is 0 Å². The van der Waals surface area contributed by atoms with E-state index in [0.717, 1.165) is 0 Å². The van der Waals surface area contributed by atoms with Gasteiger partial charge in [-0.25, -0.2) is 0 Å². The van der Waals surface area contributed by atoms with Crippen LogP contribution < -0.4 is 0 Å². The molecule has 1 saturated carbocycles. The normalized spacial score (nSPS) is 31.6. The maximum absolute atomic E-state index is 7.45. The number of ether oxygens (including phenoxy) is 1.